The first-order chi connectivity index (χ1) is 14.3. The number of thiophene rings is 1. The molecule has 0 aliphatic carbocycles. The van der Waals surface area contributed by atoms with Crippen molar-refractivity contribution in [3.63, 3.8) is 0 Å². The highest BCUT2D eigenvalue weighted by Crippen LogP contribution is 2.31. The number of hydrogen-bond donors (Lipinski definition) is 2. The zero-order valence-corrected chi connectivity index (χ0v) is 18.5. The fraction of sp³-hybridized carbons (Fsp3) is 0.571. The lowest BCUT2D eigenvalue weighted by Crippen LogP contribution is -2.39. The number of aromatic nitrogens is 1. The molecule has 2 aromatic rings. The molecule has 164 valence electrons. The van der Waals surface area contributed by atoms with Crippen LogP contribution < -0.4 is 10.9 Å². The molecule has 0 saturated carbocycles. The van der Waals surface area contributed by atoms with E-state index in [4.69, 9.17) is 4.74 Å². The summed E-state index contributed by atoms with van der Waals surface area (Å²) in [5.41, 5.74) is -0.673. The lowest BCUT2D eigenvalue weighted by atomic mass is 9.97. The lowest BCUT2D eigenvalue weighted by Gasteiger charge is -2.30. The number of nitrogens with one attached hydrogen (secondary N) is 1. The second kappa shape index (κ2) is 9.61. The smallest absolute Gasteiger partial charge is 0.308 e. The van der Waals surface area contributed by atoms with E-state index in [1.54, 1.807) is 16.0 Å². The summed E-state index contributed by atoms with van der Waals surface area (Å²) in [7, 11) is 1.42. The highest BCUT2D eigenvalue weighted by Gasteiger charge is 2.26. The molecule has 0 radical (unpaired) electrons. The van der Waals surface area contributed by atoms with Crippen LogP contribution in [0.2, 0.25) is 0 Å². The number of amides is 1. The van der Waals surface area contributed by atoms with Crippen LogP contribution in [0.15, 0.2) is 16.2 Å². The van der Waals surface area contributed by atoms with Crippen molar-refractivity contribution < 1.29 is 19.4 Å². The van der Waals surface area contributed by atoms with Gasteiger partial charge in [0.05, 0.1) is 18.4 Å². The number of piperidine rings is 1. The van der Waals surface area contributed by atoms with Crippen LogP contribution in [0.1, 0.15) is 49.5 Å². The van der Waals surface area contributed by atoms with Gasteiger partial charge in [0, 0.05) is 12.6 Å². The topological polar surface area (TPSA) is 101 Å². The first-order valence-corrected chi connectivity index (χ1v) is 11.2. The third kappa shape index (κ3) is 4.52. The Bertz CT molecular complexity index is 973. The maximum Gasteiger partial charge on any atom is 0.308 e. The van der Waals surface area contributed by atoms with Gasteiger partial charge in [-0.05, 0) is 64.2 Å². The quantitative estimate of drug-likeness (QED) is 0.511. The molecular formula is C21H29N3O5S. The summed E-state index contributed by atoms with van der Waals surface area (Å²) in [5, 5.41) is 15.6. The number of esters is 1. The number of methoxy groups -OCH3 is 1. The number of aromatic hydroxyl groups is 1. The van der Waals surface area contributed by atoms with Gasteiger partial charge in [-0.3, -0.25) is 19.0 Å². The highest BCUT2D eigenvalue weighted by atomic mass is 32.1. The van der Waals surface area contributed by atoms with Gasteiger partial charge in [-0.2, -0.15) is 0 Å². The third-order valence-electron chi connectivity index (χ3n) is 5.59. The number of carbonyl (C=O) groups is 2. The molecule has 3 heterocycles. The number of hydrogen-bond acceptors (Lipinski definition) is 7. The number of likely N-dealkylation sites (tertiary alicyclic amines) is 1. The molecule has 30 heavy (non-hydrogen) atoms. The summed E-state index contributed by atoms with van der Waals surface area (Å²) in [6, 6.07) is 1.60. The molecule has 3 rings (SSSR count). The van der Waals surface area contributed by atoms with Gasteiger partial charge in [-0.25, -0.2) is 0 Å². The second-order valence-corrected chi connectivity index (χ2v) is 8.78. The van der Waals surface area contributed by atoms with Crippen LogP contribution in [0.5, 0.6) is 5.75 Å². The predicted molar refractivity (Wildman–Crippen MR) is 116 cm³/mol. The fourth-order valence-electron chi connectivity index (χ4n) is 3.94. The summed E-state index contributed by atoms with van der Waals surface area (Å²) in [6.45, 7) is 6.59. The standard InChI is InChI=1S/C21H29N3O5S/c1-13(2)24-19(27)16(17(25)15-7-12-30-20(15)24)18(26)22-8-4-9-23-10-5-14(6-11-23)21(28)29-3/h7,12-14,25H,4-6,8-11H2,1-3H3,(H,22,26). The van der Waals surface area contributed by atoms with Crippen molar-refractivity contribution in [3.8, 4) is 5.75 Å². The Morgan fingerprint density at radius 1 is 1.33 bits per heavy atom. The van der Waals surface area contributed by atoms with Gasteiger partial charge in [0.2, 0.25) is 0 Å². The van der Waals surface area contributed by atoms with E-state index in [1.165, 1.54) is 18.4 Å². The third-order valence-corrected chi connectivity index (χ3v) is 6.50. The van der Waals surface area contributed by atoms with Crippen LogP contribution in [0.3, 0.4) is 0 Å². The molecule has 0 spiro atoms. The van der Waals surface area contributed by atoms with Crippen molar-refractivity contribution in [3.05, 3.63) is 27.4 Å². The van der Waals surface area contributed by atoms with E-state index in [0.717, 1.165) is 32.5 Å². The van der Waals surface area contributed by atoms with Crippen molar-refractivity contribution in [1.29, 1.82) is 0 Å². The molecule has 8 nitrogen and oxygen atoms in total. The number of fused-ring (bicyclic) bond motifs is 1. The Morgan fingerprint density at radius 2 is 2.03 bits per heavy atom. The number of pyridine rings is 1. The number of rotatable bonds is 7. The first-order valence-electron chi connectivity index (χ1n) is 10.3. The average molecular weight is 436 g/mol. The van der Waals surface area contributed by atoms with Crippen LogP contribution in [0.25, 0.3) is 10.2 Å². The van der Waals surface area contributed by atoms with Gasteiger partial charge in [-0.1, -0.05) is 0 Å². The van der Waals surface area contributed by atoms with Gasteiger partial charge >= 0.3 is 5.97 Å². The van der Waals surface area contributed by atoms with Crippen LogP contribution in [0.4, 0.5) is 0 Å². The number of ether oxygens (including phenoxy) is 1. The van der Waals surface area contributed by atoms with E-state index in [2.05, 4.69) is 10.2 Å². The van der Waals surface area contributed by atoms with E-state index in [-0.39, 0.29) is 29.2 Å². The van der Waals surface area contributed by atoms with Crippen LogP contribution in [0, 0.1) is 5.92 Å². The molecule has 0 unspecified atom stereocenters. The Kier molecular flexibility index (Phi) is 7.14. The minimum absolute atomic E-state index is 0.0240. The van der Waals surface area contributed by atoms with Crippen LogP contribution in [-0.4, -0.2) is 59.7 Å². The first kappa shape index (κ1) is 22.3. The highest BCUT2D eigenvalue weighted by molar-refractivity contribution is 7.16. The van der Waals surface area contributed by atoms with E-state index < -0.39 is 11.5 Å². The summed E-state index contributed by atoms with van der Waals surface area (Å²) < 4.78 is 6.36. The van der Waals surface area contributed by atoms with Crippen molar-refractivity contribution in [1.82, 2.24) is 14.8 Å². The Labute approximate surface area is 179 Å². The van der Waals surface area contributed by atoms with E-state index >= 15 is 0 Å². The second-order valence-electron chi connectivity index (χ2n) is 7.88. The maximum atomic E-state index is 12.9. The zero-order valence-electron chi connectivity index (χ0n) is 17.6. The fourth-order valence-corrected chi connectivity index (χ4v) is 4.97. The monoisotopic (exact) mass is 435 g/mol. The molecular weight excluding hydrogens is 406 g/mol. The lowest BCUT2D eigenvalue weighted by molar-refractivity contribution is -0.147. The molecule has 1 aliphatic rings. The van der Waals surface area contributed by atoms with Gasteiger partial charge in [-0.15, -0.1) is 11.3 Å². The molecule has 2 aromatic heterocycles. The molecule has 2 N–H and O–H groups in total. The molecule has 1 saturated heterocycles. The number of nitrogens with zero attached hydrogens (tertiary/aromatic N) is 2. The van der Waals surface area contributed by atoms with E-state index in [9.17, 15) is 19.5 Å². The summed E-state index contributed by atoms with van der Waals surface area (Å²) >= 11 is 1.37. The van der Waals surface area contributed by atoms with Gasteiger partial charge in [0.15, 0.2) is 0 Å². The van der Waals surface area contributed by atoms with Crippen molar-refractivity contribution >= 4 is 33.4 Å². The van der Waals surface area contributed by atoms with E-state index in [0.29, 0.717) is 23.2 Å². The zero-order chi connectivity index (χ0) is 21.8. The van der Waals surface area contributed by atoms with Gasteiger partial charge in [0.25, 0.3) is 11.5 Å². The minimum Gasteiger partial charge on any atom is -0.506 e. The predicted octanol–water partition coefficient (Wildman–Crippen LogP) is 2.35. The van der Waals surface area contributed by atoms with E-state index in [1.807, 2.05) is 13.8 Å². The summed E-state index contributed by atoms with van der Waals surface area (Å²) in [6.07, 6.45) is 2.28. The summed E-state index contributed by atoms with van der Waals surface area (Å²) in [4.78, 5) is 40.1. The van der Waals surface area contributed by atoms with Crippen molar-refractivity contribution in [2.75, 3.05) is 33.3 Å². The Hall–Kier alpha value is -2.39. The maximum absolute atomic E-state index is 12.9. The molecule has 0 aromatic carbocycles. The largest absolute Gasteiger partial charge is 0.506 e. The Morgan fingerprint density at radius 3 is 2.67 bits per heavy atom. The number of carbonyl (C=O) groups excluding carboxylic acids is 2. The Balaban J connectivity index is 1.58. The van der Waals surface area contributed by atoms with Crippen LogP contribution in [-0.2, 0) is 9.53 Å². The molecule has 0 bridgehead atoms. The van der Waals surface area contributed by atoms with Crippen molar-refractivity contribution in [2.24, 2.45) is 5.92 Å². The molecule has 1 amide bonds. The van der Waals surface area contributed by atoms with Crippen LogP contribution >= 0.6 is 11.3 Å². The summed E-state index contributed by atoms with van der Waals surface area (Å²) in [5.74, 6) is -0.972. The normalized spacial score (nSPS) is 15.6. The van der Waals surface area contributed by atoms with Gasteiger partial charge < -0.3 is 20.1 Å². The molecule has 1 fully saturated rings. The SMILES string of the molecule is COC(=O)C1CCN(CCCNC(=O)c2c(O)c3ccsc3n(C(C)C)c2=O)CC1. The van der Waals surface area contributed by atoms with Gasteiger partial charge in [0.1, 0.15) is 16.1 Å². The van der Waals surface area contributed by atoms with Crippen molar-refractivity contribution in [2.45, 2.75) is 39.2 Å². The molecule has 0 atom stereocenters. The molecule has 1 aliphatic heterocycles. The average Bonchev–Trinajstić information content (AvgIpc) is 3.20. The molecule has 9 heteroatoms. The minimum atomic E-state index is -0.551.